The molecule has 0 fully saturated rings. The summed E-state index contributed by atoms with van der Waals surface area (Å²) in [5.74, 6) is -2.63. The molecule has 0 saturated carbocycles. The topological polar surface area (TPSA) is 173 Å². The monoisotopic (exact) mass is 649 g/mol. The van der Waals surface area contributed by atoms with Crippen molar-refractivity contribution in [3.05, 3.63) is 64.2 Å². The van der Waals surface area contributed by atoms with Gasteiger partial charge in [-0.2, -0.15) is 0 Å². The number of cyclic esters (lactones) is 1. The Morgan fingerprint density at radius 1 is 1.09 bits per heavy atom. The average Bonchev–Trinajstić information content (AvgIpc) is 3.70. The average molecular weight is 650 g/mol. The molecule has 1 unspecified atom stereocenters. The number of ketones is 1. The summed E-state index contributed by atoms with van der Waals surface area (Å²) in [5, 5.41) is 30.3. The van der Waals surface area contributed by atoms with Gasteiger partial charge in [0, 0.05) is 42.3 Å². The zero-order valence-electron chi connectivity index (χ0n) is 25.2. The van der Waals surface area contributed by atoms with Crippen LogP contribution in [0.3, 0.4) is 0 Å². The number of aromatic hydroxyl groups is 2. The predicted octanol–water partition coefficient (Wildman–Crippen LogP) is 5.04. The number of allylic oxidation sites excluding steroid dienone is 1. The number of anilines is 1. The number of Topliss-reactive ketones (excluding diaryl/α,β-unsaturated/α-hetero) is 1. The minimum Gasteiger partial charge on any atom is -0.507 e. The molecule has 5 rings (SSSR count). The second-order valence-electron chi connectivity index (χ2n) is 11.1. The lowest BCUT2D eigenvalue weighted by molar-refractivity contribution is -0.124. The third-order valence-electron chi connectivity index (χ3n) is 7.71. The number of esters is 1. The second kappa shape index (κ2) is 14.9. The van der Waals surface area contributed by atoms with Crippen molar-refractivity contribution in [3.8, 4) is 23.0 Å². The first-order valence-corrected chi connectivity index (χ1v) is 15.9. The molecule has 2 aromatic carbocycles. The smallest absolute Gasteiger partial charge is 0.342 e. The maximum absolute atomic E-state index is 13.5. The second-order valence-corrected chi connectivity index (χ2v) is 12.0. The highest BCUT2D eigenvalue weighted by atomic mass is 32.1. The summed E-state index contributed by atoms with van der Waals surface area (Å²) in [4.78, 5) is 55.3. The van der Waals surface area contributed by atoms with Crippen molar-refractivity contribution >= 4 is 46.1 Å². The number of carbonyl (C=O) groups excluding carboxylic acids is 4. The molecule has 3 heterocycles. The molecule has 242 valence electrons. The first-order chi connectivity index (χ1) is 22.2. The summed E-state index contributed by atoms with van der Waals surface area (Å²) >= 11 is 1.24. The number of rotatable bonds is 7. The highest BCUT2D eigenvalue weighted by Gasteiger charge is 2.32. The summed E-state index contributed by atoms with van der Waals surface area (Å²) < 4.78 is 16.6. The van der Waals surface area contributed by atoms with E-state index in [9.17, 15) is 29.4 Å². The number of nitrogens with one attached hydrogen (secondary N) is 2. The van der Waals surface area contributed by atoms with Crippen molar-refractivity contribution in [1.29, 1.82) is 0 Å². The highest BCUT2D eigenvalue weighted by molar-refractivity contribution is 7.13. The third kappa shape index (κ3) is 8.02. The number of benzene rings is 2. The summed E-state index contributed by atoms with van der Waals surface area (Å²) in [6.07, 6.45) is 7.11. The fraction of sp³-hybridized carbons (Fsp3) is 0.364. The first-order valence-electron chi connectivity index (χ1n) is 15.0. The Morgan fingerprint density at radius 2 is 1.89 bits per heavy atom. The Labute approximate surface area is 269 Å². The van der Waals surface area contributed by atoms with Gasteiger partial charge >= 0.3 is 5.97 Å². The number of aromatic nitrogens is 1. The fourth-order valence-corrected chi connectivity index (χ4v) is 5.97. The number of amides is 2. The number of thiazole rings is 1. The number of ether oxygens (including phenoxy) is 3. The number of phenolic OH excluding ortho intramolecular Hbond substituents is 2. The number of nitrogens with zero attached hydrogens (tertiary/aromatic N) is 1. The Balaban J connectivity index is 1.49. The van der Waals surface area contributed by atoms with Crippen LogP contribution in [0, 0.1) is 0 Å². The molecule has 2 amide bonds. The van der Waals surface area contributed by atoms with Crippen molar-refractivity contribution in [2.75, 3.05) is 18.7 Å². The number of phenols is 2. The van der Waals surface area contributed by atoms with Gasteiger partial charge in [-0.15, -0.1) is 11.3 Å². The number of hydrogen-bond acceptors (Lipinski definition) is 11. The SMILES string of the molecule is C[C@H]1CCCC(=O)CCCC=Cc2cc(O)c(C(CC(=O)NCC(=O)Nc3nccs3)c3ccc4c(c3)OCO4)c(O)c2C(=O)O1. The van der Waals surface area contributed by atoms with Crippen molar-refractivity contribution in [1.82, 2.24) is 10.3 Å². The van der Waals surface area contributed by atoms with Crippen LogP contribution in [0.4, 0.5) is 5.13 Å². The predicted molar refractivity (Wildman–Crippen MR) is 169 cm³/mol. The Kier molecular flexibility index (Phi) is 10.5. The fourth-order valence-electron chi connectivity index (χ4n) is 5.42. The molecular formula is C33H35N3O9S. The Morgan fingerprint density at radius 3 is 2.70 bits per heavy atom. The standard InChI is InChI=1S/C33H35N3O9S/c1-19-6-5-9-22(37)8-4-2-3-7-21-14-24(38)30(31(41)29(21)32(42)45-19)23(20-10-11-25-26(15-20)44-18-43-25)16-27(39)35-17-28(40)36-33-34-12-13-46-33/h3,7,10-15,19,23,38,41H,2,4-6,8-9,16-18H2,1H3,(H,35,39)(H,34,36,40)/t19-,23?/m0/s1. The van der Waals surface area contributed by atoms with Crippen molar-refractivity contribution in [3.63, 3.8) is 0 Å². The number of hydrogen-bond donors (Lipinski definition) is 4. The minimum atomic E-state index is -0.977. The minimum absolute atomic E-state index is 0.0119. The van der Waals surface area contributed by atoms with E-state index in [1.165, 1.54) is 17.4 Å². The van der Waals surface area contributed by atoms with E-state index in [2.05, 4.69) is 15.6 Å². The van der Waals surface area contributed by atoms with Crippen LogP contribution in [0.25, 0.3) is 6.08 Å². The molecule has 4 N–H and O–H groups in total. The number of fused-ring (bicyclic) bond motifs is 2. The zero-order valence-corrected chi connectivity index (χ0v) is 26.1. The molecule has 1 aromatic heterocycles. The molecule has 2 aliphatic heterocycles. The van der Waals surface area contributed by atoms with Crippen LogP contribution in [0.15, 0.2) is 41.9 Å². The van der Waals surface area contributed by atoms with Gasteiger partial charge < -0.3 is 35.1 Å². The van der Waals surface area contributed by atoms with E-state index in [0.29, 0.717) is 60.7 Å². The molecule has 0 spiro atoms. The van der Waals surface area contributed by atoms with E-state index in [1.807, 2.05) is 0 Å². The van der Waals surface area contributed by atoms with Crippen LogP contribution in [-0.4, -0.2) is 58.2 Å². The summed E-state index contributed by atoms with van der Waals surface area (Å²) in [6, 6.07) is 6.32. The molecule has 0 radical (unpaired) electrons. The molecule has 2 atom stereocenters. The van der Waals surface area contributed by atoms with E-state index in [4.69, 9.17) is 14.2 Å². The van der Waals surface area contributed by atoms with Crippen LogP contribution in [-0.2, 0) is 19.1 Å². The van der Waals surface area contributed by atoms with Gasteiger partial charge in [0.15, 0.2) is 16.6 Å². The van der Waals surface area contributed by atoms with Crippen molar-refractivity contribution in [2.45, 2.75) is 63.9 Å². The quantitative estimate of drug-likeness (QED) is 0.254. The molecule has 0 bridgehead atoms. The Hall–Kier alpha value is -4.91. The summed E-state index contributed by atoms with van der Waals surface area (Å²) in [7, 11) is 0. The van der Waals surface area contributed by atoms with E-state index < -0.39 is 35.6 Å². The van der Waals surface area contributed by atoms with Gasteiger partial charge in [-0.3, -0.25) is 14.4 Å². The maximum atomic E-state index is 13.5. The van der Waals surface area contributed by atoms with Crippen LogP contribution in [0.5, 0.6) is 23.0 Å². The molecule has 0 aliphatic carbocycles. The normalized spacial score (nSPS) is 17.4. The van der Waals surface area contributed by atoms with Crippen LogP contribution in [0.2, 0.25) is 0 Å². The van der Waals surface area contributed by atoms with E-state index in [0.717, 1.165) is 0 Å². The van der Waals surface area contributed by atoms with Gasteiger partial charge in [-0.05, 0) is 61.9 Å². The lowest BCUT2D eigenvalue weighted by Gasteiger charge is -2.23. The molecule has 13 heteroatoms. The molecule has 12 nitrogen and oxygen atoms in total. The van der Waals surface area contributed by atoms with Gasteiger partial charge in [0.25, 0.3) is 0 Å². The molecular weight excluding hydrogens is 614 g/mol. The summed E-state index contributed by atoms with van der Waals surface area (Å²) in [5.41, 5.74) is 0.495. The molecule has 0 saturated heterocycles. The summed E-state index contributed by atoms with van der Waals surface area (Å²) in [6.45, 7) is 1.39. The van der Waals surface area contributed by atoms with Gasteiger partial charge in [0.2, 0.25) is 18.6 Å². The Bertz CT molecular complexity index is 1640. The van der Waals surface area contributed by atoms with E-state index in [-0.39, 0.29) is 48.0 Å². The van der Waals surface area contributed by atoms with Gasteiger partial charge in [0.05, 0.1) is 12.6 Å². The first kappa shape index (κ1) is 32.5. The zero-order chi connectivity index (χ0) is 32.6. The lowest BCUT2D eigenvalue weighted by atomic mass is 9.84. The van der Waals surface area contributed by atoms with Gasteiger partial charge in [-0.25, -0.2) is 9.78 Å². The van der Waals surface area contributed by atoms with E-state index in [1.54, 1.807) is 48.9 Å². The van der Waals surface area contributed by atoms with Gasteiger partial charge in [-0.1, -0.05) is 18.2 Å². The third-order valence-corrected chi connectivity index (χ3v) is 8.40. The maximum Gasteiger partial charge on any atom is 0.342 e. The van der Waals surface area contributed by atoms with Crippen molar-refractivity contribution < 1.29 is 43.6 Å². The van der Waals surface area contributed by atoms with Crippen LogP contribution >= 0.6 is 11.3 Å². The molecule has 3 aromatic rings. The van der Waals surface area contributed by atoms with Crippen LogP contribution < -0.4 is 20.1 Å². The number of carbonyl (C=O) groups is 4. The molecule has 46 heavy (non-hydrogen) atoms. The lowest BCUT2D eigenvalue weighted by Crippen LogP contribution is -2.33. The van der Waals surface area contributed by atoms with Crippen molar-refractivity contribution in [2.24, 2.45) is 0 Å². The largest absolute Gasteiger partial charge is 0.507 e. The highest BCUT2D eigenvalue weighted by Crippen LogP contribution is 2.46. The van der Waals surface area contributed by atoms with E-state index >= 15 is 0 Å². The van der Waals surface area contributed by atoms with Gasteiger partial charge in [0.1, 0.15) is 22.8 Å². The van der Waals surface area contributed by atoms with Crippen LogP contribution in [0.1, 0.15) is 84.8 Å². The molecule has 2 aliphatic rings.